The van der Waals surface area contributed by atoms with Crippen LogP contribution in [0.5, 0.6) is 5.75 Å². The molecule has 0 saturated carbocycles. The summed E-state index contributed by atoms with van der Waals surface area (Å²) in [6.45, 7) is 2.17. The maximum atomic E-state index is 12.8. The number of carbonyl (C=O) groups is 1. The van der Waals surface area contributed by atoms with Crippen molar-refractivity contribution < 1.29 is 14.6 Å². The van der Waals surface area contributed by atoms with E-state index in [1.54, 1.807) is 49.6 Å². The van der Waals surface area contributed by atoms with Gasteiger partial charge in [0.15, 0.2) is 5.65 Å². The molecule has 0 radical (unpaired) electrons. The molecular formula is C23H22N4O4. The van der Waals surface area contributed by atoms with Crippen LogP contribution in [-0.4, -0.2) is 32.2 Å². The Labute approximate surface area is 178 Å². The third kappa shape index (κ3) is 4.06. The van der Waals surface area contributed by atoms with E-state index in [1.807, 2.05) is 19.1 Å². The molecule has 0 unspecified atom stereocenters. The summed E-state index contributed by atoms with van der Waals surface area (Å²) in [5, 5.41) is 12.4. The molecule has 4 aromatic rings. The van der Waals surface area contributed by atoms with E-state index in [1.165, 1.54) is 4.57 Å². The first-order chi connectivity index (χ1) is 15.0. The number of H-pyrrole nitrogens is 1. The lowest BCUT2D eigenvalue weighted by Gasteiger charge is -2.12. The molecule has 8 heteroatoms. The number of ether oxygens (including phenoxy) is 1. The summed E-state index contributed by atoms with van der Waals surface area (Å²) in [5.41, 5.74) is 4.20. The first-order valence-corrected chi connectivity index (χ1v) is 9.83. The molecule has 0 aliphatic carbocycles. The molecular weight excluding hydrogens is 396 g/mol. The third-order valence-corrected chi connectivity index (χ3v) is 5.01. The van der Waals surface area contributed by atoms with Crippen LogP contribution in [0.4, 0.5) is 5.69 Å². The van der Waals surface area contributed by atoms with Gasteiger partial charge in [0.1, 0.15) is 5.75 Å². The first kappa shape index (κ1) is 20.4. The van der Waals surface area contributed by atoms with Gasteiger partial charge in [0.25, 0.3) is 5.91 Å². The summed E-state index contributed by atoms with van der Waals surface area (Å²) < 4.78 is 6.97. The van der Waals surface area contributed by atoms with E-state index in [0.29, 0.717) is 40.3 Å². The lowest BCUT2D eigenvalue weighted by atomic mass is 10.0. The quantitative estimate of drug-likeness (QED) is 0.446. The fourth-order valence-corrected chi connectivity index (χ4v) is 3.38. The van der Waals surface area contributed by atoms with Crippen LogP contribution >= 0.6 is 0 Å². The number of aryl methyl sites for hydroxylation is 1. The topological polar surface area (TPSA) is 109 Å². The summed E-state index contributed by atoms with van der Waals surface area (Å²) in [6, 6.07) is 14.2. The van der Waals surface area contributed by atoms with Crippen molar-refractivity contribution in [2.24, 2.45) is 7.05 Å². The highest BCUT2D eigenvalue weighted by atomic mass is 16.5. The summed E-state index contributed by atoms with van der Waals surface area (Å²) in [6.07, 6.45) is 1.66. The predicted molar refractivity (Wildman–Crippen MR) is 118 cm³/mol. The molecule has 0 atom stereocenters. The molecule has 3 N–H and O–H groups in total. The van der Waals surface area contributed by atoms with Crippen molar-refractivity contribution in [3.05, 3.63) is 76.3 Å². The Morgan fingerprint density at radius 2 is 2.03 bits per heavy atom. The lowest BCUT2D eigenvalue weighted by Crippen LogP contribution is -2.12. The average molecular weight is 418 g/mol. The van der Waals surface area contributed by atoms with Crippen molar-refractivity contribution in [2.75, 3.05) is 11.9 Å². The Hall–Kier alpha value is -3.91. The molecule has 8 nitrogen and oxygen atoms in total. The molecule has 4 rings (SSSR count). The number of amides is 1. The van der Waals surface area contributed by atoms with Gasteiger partial charge in [0, 0.05) is 35.6 Å². The van der Waals surface area contributed by atoms with Gasteiger partial charge < -0.3 is 15.2 Å². The second-order valence-corrected chi connectivity index (χ2v) is 7.03. The Morgan fingerprint density at radius 3 is 2.81 bits per heavy atom. The summed E-state index contributed by atoms with van der Waals surface area (Å²) in [4.78, 5) is 31.6. The van der Waals surface area contributed by atoms with Gasteiger partial charge in [-0.25, -0.2) is 9.78 Å². The number of pyridine rings is 1. The molecule has 0 saturated heterocycles. The number of aromatic amines is 1. The molecule has 1 amide bonds. The number of nitrogens with one attached hydrogen (secondary N) is 2. The van der Waals surface area contributed by atoms with Gasteiger partial charge in [-0.2, -0.15) is 0 Å². The molecule has 0 aliphatic heterocycles. The minimum Gasteiger partial charge on any atom is -0.494 e. The minimum absolute atomic E-state index is 0.189. The highest BCUT2D eigenvalue weighted by Gasteiger charge is 2.12. The number of carbonyl (C=O) groups excluding carboxylic acids is 1. The molecule has 0 fully saturated rings. The summed E-state index contributed by atoms with van der Waals surface area (Å²) >= 11 is 0. The number of fused-ring (bicyclic) bond motifs is 1. The van der Waals surface area contributed by atoms with Gasteiger partial charge in [0.05, 0.1) is 18.7 Å². The number of anilines is 1. The number of benzene rings is 2. The SMILES string of the molecule is CCOc1ccc(NC(=O)c2cccc(-c3cnc4[nH]c(=O)n(C)c4c3)c2)cc1CO. The van der Waals surface area contributed by atoms with E-state index in [-0.39, 0.29) is 18.2 Å². The van der Waals surface area contributed by atoms with E-state index in [0.717, 1.165) is 11.1 Å². The van der Waals surface area contributed by atoms with Crippen LogP contribution in [0.15, 0.2) is 59.5 Å². The van der Waals surface area contributed by atoms with E-state index in [2.05, 4.69) is 15.3 Å². The Bertz CT molecular complexity index is 1320. The van der Waals surface area contributed by atoms with Gasteiger partial charge in [-0.15, -0.1) is 0 Å². The second-order valence-electron chi connectivity index (χ2n) is 7.03. The summed E-state index contributed by atoms with van der Waals surface area (Å²) in [5.74, 6) is 0.310. The van der Waals surface area contributed by atoms with Crippen LogP contribution in [0.2, 0.25) is 0 Å². The van der Waals surface area contributed by atoms with Crippen molar-refractivity contribution in [1.29, 1.82) is 0 Å². The number of hydrogen-bond donors (Lipinski definition) is 3. The fourth-order valence-electron chi connectivity index (χ4n) is 3.38. The normalized spacial score (nSPS) is 10.9. The van der Waals surface area contributed by atoms with Crippen molar-refractivity contribution in [3.8, 4) is 16.9 Å². The number of imidazole rings is 1. The molecule has 0 bridgehead atoms. The fraction of sp³-hybridized carbons (Fsp3) is 0.174. The molecule has 0 spiro atoms. The van der Waals surface area contributed by atoms with Gasteiger partial charge in [-0.05, 0) is 48.9 Å². The standard InChI is InChI=1S/C23H22N4O4/c1-3-31-20-8-7-18(10-17(20)13-28)25-22(29)15-6-4-5-14(9-15)16-11-19-21(24-12-16)26-23(30)27(19)2/h4-12,28H,3,13H2,1-2H3,(H,25,29)(H,24,26,30). The van der Waals surface area contributed by atoms with E-state index in [4.69, 9.17) is 4.74 Å². The van der Waals surface area contributed by atoms with Crippen molar-refractivity contribution in [2.45, 2.75) is 13.5 Å². The molecule has 0 aliphatic rings. The van der Waals surface area contributed by atoms with E-state index >= 15 is 0 Å². The first-order valence-electron chi connectivity index (χ1n) is 9.83. The molecule has 2 heterocycles. The second kappa shape index (κ2) is 8.45. The van der Waals surface area contributed by atoms with Crippen LogP contribution in [0, 0.1) is 0 Å². The highest BCUT2D eigenvalue weighted by Crippen LogP contribution is 2.25. The van der Waals surface area contributed by atoms with Crippen LogP contribution in [-0.2, 0) is 13.7 Å². The van der Waals surface area contributed by atoms with Gasteiger partial charge in [-0.1, -0.05) is 12.1 Å². The summed E-state index contributed by atoms with van der Waals surface area (Å²) in [7, 11) is 1.67. The maximum absolute atomic E-state index is 12.8. The zero-order valence-corrected chi connectivity index (χ0v) is 17.2. The number of aliphatic hydroxyl groups excluding tert-OH is 1. The molecule has 2 aromatic carbocycles. The Morgan fingerprint density at radius 1 is 1.19 bits per heavy atom. The number of aliphatic hydroxyl groups is 1. The Balaban J connectivity index is 1.60. The van der Waals surface area contributed by atoms with Gasteiger partial charge in [0.2, 0.25) is 0 Å². The monoisotopic (exact) mass is 418 g/mol. The van der Waals surface area contributed by atoms with Gasteiger partial charge >= 0.3 is 5.69 Å². The number of hydrogen-bond acceptors (Lipinski definition) is 5. The van der Waals surface area contributed by atoms with Crippen LogP contribution in [0.3, 0.4) is 0 Å². The molecule has 158 valence electrons. The largest absolute Gasteiger partial charge is 0.494 e. The molecule has 31 heavy (non-hydrogen) atoms. The lowest BCUT2D eigenvalue weighted by molar-refractivity contribution is 0.102. The zero-order chi connectivity index (χ0) is 22.0. The van der Waals surface area contributed by atoms with Crippen molar-refractivity contribution in [3.63, 3.8) is 0 Å². The predicted octanol–water partition coefficient (Wildman–Crippen LogP) is 3.07. The van der Waals surface area contributed by atoms with Crippen LogP contribution in [0.25, 0.3) is 22.3 Å². The van der Waals surface area contributed by atoms with Gasteiger partial charge in [-0.3, -0.25) is 14.3 Å². The van der Waals surface area contributed by atoms with Crippen molar-refractivity contribution in [1.82, 2.24) is 14.5 Å². The van der Waals surface area contributed by atoms with E-state index < -0.39 is 0 Å². The minimum atomic E-state index is -0.280. The number of aromatic nitrogens is 3. The molecule has 2 aromatic heterocycles. The number of nitrogens with zero attached hydrogens (tertiary/aromatic N) is 2. The highest BCUT2D eigenvalue weighted by molar-refractivity contribution is 6.05. The third-order valence-electron chi connectivity index (χ3n) is 5.01. The van der Waals surface area contributed by atoms with Crippen LogP contribution < -0.4 is 15.7 Å². The van der Waals surface area contributed by atoms with E-state index in [9.17, 15) is 14.7 Å². The van der Waals surface area contributed by atoms with Crippen molar-refractivity contribution >= 4 is 22.8 Å². The number of rotatable bonds is 6. The van der Waals surface area contributed by atoms with Crippen LogP contribution in [0.1, 0.15) is 22.8 Å². The zero-order valence-electron chi connectivity index (χ0n) is 17.2. The Kier molecular flexibility index (Phi) is 5.55. The smallest absolute Gasteiger partial charge is 0.327 e. The average Bonchev–Trinajstić information content (AvgIpc) is 3.08. The maximum Gasteiger partial charge on any atom is 0.327 e.